The Morgan fingerprint density at radius 1 is 1.19 bits per heavy atom. The van der Waals surface area contributed by atoms with E-state index in [1.807, 2.05) is 30.0 Å². The topological polar surface area (TPSA) is 75.4 Å². The molecule has 1 aromatic carbocycles. The Kier molecular flexibility index (Phi) is 5.97. The second-order valence-electron chi connectivity index (χ2n) is 8.03. The van der Waals surface area contributed by atoms with Crippen LogP contribution in [0.5, 0.6) is 0 Å². The maximum absolute atomic E-state index is 12.7. The maximum atomic E-state index is 12.7. The second kappa shape index (κ2) is 8.21. The summed E-state index contributed by atoms with van der Waals surface area (Å²) in [6.07, 6.45) is 5.16. The van der Waals surface area contributed by atoms with Crippen molar-refractivity contribution < 1.29 is 9.59 Å². The fourth-order valence-electron chi connectivity index (χ4n) is 4.22. The highest BCUT2D eigenvalue weighted by Crippen LogP contribution is 2.32. The summed E-state index contributed by atoms with van der Waals surface area (Å²) in [5, 5.41) is 3.05. The Morgan fingerprint density at radius 3 is 2.58 bits per heavy atom. The van der Waals surface area contributed by atoms with Gasteiger partial charge in [-0.2, -0.15) is 0 Å². The third-order valence-corrected chi connectivity index (χ3v) is 6.10. The van der Waals surface area contributed by atoms with E-state index in [-0.39, 0.29) is 23.7 Å². The van der Waals surface area contributed by atoms with E-state index >= 15 is 0 Å². The zero-order valence-electron chi connectivity index (χ0n) is 16.0. The van der Waals surface area contributed by atoms with Gasteiger partial charge in [-0.1, -0.05) is 13.3 Å². The van der Waals surface area contributed by atoms with Crippen LogP contribution in [-0.4, -0.2) is 36.3 Å². The standard InChI is InChI=1S/C21H31N3O2/c1-14-8-10-24(11-9-14)21(26)16-6-7-19(15(2)12-16)23-20(25)18-5-3-4-17(18)13-22/h6-7,12,14,17-18H,3-5,8-11,13,22H2,1-2H3,(H,23,25)/t17-,18-/m1/s1. The molecule has 0 bridgehead atoms. The molecule has 1 saturated heterocycles. The number of nitrogens with zero attached hydrogens (tertiary/aromatic N) is 1. The number of benzene rings is 1. The molecule has 2 aliphatic rings. The van der Waals surface area contributed by atoms with E-state index in [1.165, 1.54) is 0 Å². The van der Waals surface area contributed by atoms with Gasteiger partial charge in [0.05, 0.1) is 0 Å². The van der Waals surface area contributed by atoms with Gasteiger partial charge in [-0.05, 0) is 74.8 Å². The summed E-state index contributed by atoms with van der Waals surface area (Å²) < 4.78 is 0. The zero-order chi connectivity index (χ0) is 18.7. The molecule has 2 fully saturated rings. The van der Waals surface area contributed by atoms with Crippen molar-refractivity contribution in [1.29, 1.82) is 0 Å². The molecule has 5 nitrogen and oxygen atoms in total. The fourth-order valence-corrected chi connectivity index (χ4v) is 4.22. The van der Waals surface area contributed by atoms with E-state index in [9.17, 15) is 9.59 Å². The van der Waals surface area contributed by atoms with Crippen LogP contribution in [0.1, 0.15) is 54.9 Å². The van der Waals surface area contributed by atoms with E-state index < -0.39 is 0 Å². The lowest BCUT2D eigenvalue weighted by molar-refractivity contribution is -0.120. The minimum absolute atomic E-state index is 0.0102. The lowest BCUT2D eigenvalue weighted by atomic mass is 9.95. The van der Waals surface area contributed by atoms with Crippen molar-refractivity contribution in [2.75, 3.05) is 25.0 Å². The number of amides is 2. The lowest BCUT2D eigenvalue weighted by Gasteiger charge is -2.30. The van der Waals surface area contributed by atoms with Crippen molar-refractivity contribution in [2.24, 2.45) is 23.5 Å². The number of nitrogens with two attached hydrogens (primary N) is 1. The Hall–Kier alpha value is -1.88. The smallest absolute Gasteiger partial charge is 0.253 e. The summed E-state index contributed by atoms with van der Waals surface area (Å²) in [4.78, 5) is 27.2. The Labute approximate surface area is 156 Å². The molecule has 3 N–H and O–H groups in total. The van der Waals surface area contributed by atoms with E-state index in [0.29, 0.717) is 18.0 Å². The molecular formula is C21H31N3O2. The Balaban J connectivity index is 1.65. The molecule has 1 aromatic rings. The third kappa shape index (κ3) is 4.09. The quantitative estimate of drug-likeness (QED) is 0.869. The number of nitrogens with one attached hydrogen (secondary N) is 1. The molecule has 1 aliphatic heterocycles. The predicted molar refractivity (Wildman–Crippen MR) is 104 cm³/mol. The van der Waals surface area contributed by atoms with Crippen LogP contribution in [0.15, 0.2) is 18.2 Å². The minimum atomic E-state index is 0.0102. The van der Waals surface area contributed by atoms with Crippen molar-refractivity contribution in [3.8, 4) is 0 Å². The molecule has 2 atom stereocenters. The van der Waals surface area contributed by atoms with Crippen molar-refractivity contribution in [2.45, 2.75) is 46.0 Å². The average molecular weight is 357 g/mol. The summed E-state index contributed by atoms with van der Waals surface area (Å²) in [7, 11) is 0. The number of rotatable bonds is 4. The van der Waals surface area contributed by atoms with E-state index in [0.717, 1.165) is 56.4 Å². The summed E-state index contributed by atoms with van der Waals surface area (Å²) >= 11 is 0. The number of carbonyl (C=O) groups is 2. The summed E-state index contributed by atoms with van der Waals surface area (Å²) in [6.45, 7) is 6.42. The number of hydrogen-bond donors (Lipinski definition) is 2. The Morgan fingerprint density at radius 2 is 1.92 bits per heavy atom. The van der Waals surface area contributed by atoms with Gasteiger partial charge >= 0.3 is 0 Å². The van der Waals surface area contributed by atoms with Gasteiger partial charge in [-0.15, -0.1) is 0 Å². The van der Waals surface area contributed by atoms with Crippen LogP contribution in [0.2, 0.25) is 0 Å². The largest absolute Gasteiger partial charge is 0.339 e. The molecule has 0 aromatic heterocycles. The van der Waals surface area contributed by atoms with Crippen molar-refractivity contribution in [3.63, 3.8) is 0 Å². The average Bonchev–Trinajstić information content (AvgIpc) is 3.12. The molecule has 1 aliphatic carbocycles. The van der Waals surface area contributed by atoms with Crippen LogP contribution >= 0.6 is 0 Å². The number of carbonyl (C=O) groups excluding carboxylic acids is 2. The number of hydrogen-bond acceptors (Lipinski definition) is 3. The molecule has 0 unspecified atom stereocenters. The molecule has 142 valence electrons. The molecule has 1 saturated carbocycles. The number of likely N-dealkylation sites (tertiary alicyclic amines) is 1. The fraction of sp³-hybridized carbons (Fsp3) is 0.619. The molecule has 1 heterocycles. The van der Waals surface area contributed by atoms with Gasteiger partial charge < -0.3 is 16.0 Å². The van der Waals surface area contributed by atoms with Gasteiger partial charge in [0.1, 0.15) is 0 Å². The summed E-state index contributed by atoms with van der Waals surface area (Å²) in [6, 6.07) is 5.59. The van der Waals surface area contributed by atoms with Crippen LogP contribution in [0.4, 0.5) is 5.69 Å². The van der Waals surface area contributed by atoms with E-state index in [2.05, 4.69) is 12.2 Å². The predicted octanol–water partition coefficient (Wildman–Crippen LogP) is 3.18. The van der Waals surface area contributed by atoms with Crippen molar-refractivity contribution in [1.82, 2.24) is 4.90 Å². The van der Waals surface area contributed by atoms with Crippen LogP contribution in [0.3, 0.4) is 0 Å². The number of aryl methyl sites for hydroxylation is 1. The first-order valence-electron chi connectivity index (χ1n) is 9.90. The van der Waals surface area contributed by atoms with Crippen LogP contribution in [-0.2, 0) is 4.79 Å². The van der Waals surface area contributed by atoms with E-state index in [1.54, 1.807) is 0 Å². The Bertz CT molecular complexity index is 665. The number of piperidine rings is 1. The molecular weight excluding hydrogens is 326 g/mol. The van der Waals surface area contributed by atoms with Gasteiger partial charge in [0.2, 0.25) is 5.91 Å². The van der Waals surface area contributed by atoms with Crippen LogP contribution in [0.25, 0.3) is 0 Å². The molecule has 3 rings (SSSR count). The van der Waals surface area contributed by atoms with Gasteiger partial charge in [0.25, 0.3) is 5.91 Å². The first-order valence-corrected chi connectivity index (χ1v) is 9.90. The SMILES string of the molecule is Cc1cc(C(=O)N2CCC(C)CC2)ccc1NC(=O)[C@@H]1CCC[C@@H]1CN. The van der Waals surface area contributed by atoms with Crippen LogP contribution in [0, 0.1) is 24.7 Å². The highest BCUT2D eigenvalue weighted by Gasteiger charge is 2.32. The first kappa shape index (κ1) is 18.9. The molecule has 0 spiro atoms. The second-order valence-corrected chi connectivity index (χ2v) is 8.03. The normalized spacial score (nSPS) is 23.9. The third-order valence-electron chi connectivity index (χ3n) is 6.10. The maximum Gasteiger partial charge on any atom is 0.253 e. The highest BCUT2D eigenvalue weighted by atomic mass is 16.2. The van der Waals surface area contributed by atoms with E-state index in [4.69, 9.17) is 5.73 Å². The minimum Gasteiger partial charge on any atom is -0.339 e. The monoisotopic (exact) mass is 357 g/mol. The van der Waals surface area contributed by atoms with Crippen molar-refractivity contribution in [3.05, 3.63) is 29.3 Å². The van der Waals surface area contributed by atoms with Gasteiger partial charge in [-0.3, -0.25) is 9.59 Å². The molecule has 5 heteroatoms. The molecule has 2 amide bonds. The number of anilines is 1. The first-order chi connectivity index (χ1) is 12.5. The van der Waals surface area contributed by atoms with Crippen molar-refractivity contribution >= 4 is 17.5 Å². The van der Waals surface area contributed by atoms with Gasteiger partial charge in [0.15, 0.2) is 0 Å². The summed E-state index contributed by atoms with van der Waals surface area (Å²) in [5.41, 5.74) is 8.22. The molecule has 0 radical (unpaired) electrons. The highest BCUT2D eigenvalue weighted by molar-refractivity contribution is 5.97. The lowest BCUT2D eigenvalue weighted by Crippen LogP contribution is -2.37. The van der Waals surface area contributed by atoms with Gasteiger partial charge in [0, 0.05) is 30.3 Å². The zero-order valence-corrected chi connectivity index (χ0v) is 16.0. The molecule has 26 heavy (non-hydrogen) atoms. The summed E-state index contributed by atoms with van der Waals surface area (Å²) in [5.74, 6) is 1.15. The van der Waals surface area contributed by atoms with Crippen LogP contribution < -0.4 is 11.1 Å². The van der Waals surface area contributed by atoms with Gasteiger partial charge in [-0.25, -0.2) is 0 Å².